The monoisotopic (exact) mass is 659 g/mol. The van der Waals surface area contributed by atoms with Gasteiger partial charge in [-0.05, 0) is 43.0 Å². The number of quaternary nitrogens is 1. The maximum absolute atomic E-state index is 12.3. The Kier molecular flexibility index (Phi) is 15.9. The predicted molar refractivity (Wildman–Crippen MR) is 152 cm³/mol. The highest BCUT2D eigenvalue weighted by Crippen LogP contribution is 2.16. The van der Waals surface area contributed by atoms with E-state index in [4.69, 9.17) is 9.15 Å². The summed E-state index contributed by atoms with van der Waals surface area (Å²) in [4.78, 5) is 80.4. The second-order valence-electron chi connectivity index (χ2n) is 10.5. The minimum atomic E-state index is -1.69. The van der Waals surface area contributed by atoms with E-state index < -0.39 is 66.6 Å². The summed E-state index contributed by atoms with van der Waals surface area (Å²) in [5.41, 5.74) is 4.98. The SMILES string of the molecule is [NH3+][C@@H](CCC(=O)N[C@@H](CCC(=O)N[C@@H](CCC(=O)NCCc1ccc(OCc2coc(CNC=O)c2)cc1)C(=O)[O-])C(=O)[O-])C(=O)[O-]. The normalized spacial score (nSPS) is 12.5. The molecule has 0 aliphatic rings. The zero-order chi connectivity index (χ0) is 34.8. The van der Waals surface area contributed by atoms with Gasteiger partial charge in [-0.3, -0.25) is 19.2 Å². The van der Waals surface area contributed by atoms with Crippen molar-refractivity contribution in [1.29, 1.82) is 0 Å². The third kappa shape index (κ3) is 14.9. The van der Waals surface area contributed by atoms with Gasteiger partial charge in [0.15, 0.2) is 0 Å². The van der Waals surface area contributed by atoms with E-state index in [0.717, 1.165) is 11.1 Å². The number of amides is 4. The molecule has 256 valence electrons. The van der Waals surface area contributed by atoms with Crippen molar-refractivity contribution >= 4 is 42.0 Å². The van der Waals surface area contributed by atoms with Crippen molar-refractivity contribution in [2.24, 2.45) is 0 Å². The Balaban J connectivity index is 1.70. The third-order valence-electron chi connectivity index (χ3n) is 6.75. The summed E-state index contributed by atoms with van der Waals surface area (Å²) < 4.78 is 11.0. The van der Waals surface area contributed by atoms with Crippen molar-refractivity contribution < 1.29 is 63.8 Å². The summed E-state index contributed by atoms with van der Waals surface area (Å²) in [6, 6.07) is 4.64. The van der Waals surface area contributed by atoms with Gasteiger partial charge < -0.3 is 65.9 Å². The second kappa shape index (κ2) is 19.8. The Morgan fingerprint density at radius 2 is 1.38 bits per heavy atom. The maximum atomic E-state index is 12.3. The van der Waals surface area contributed by atoms with Crippen LogP contribution >= 0.6 is 0 Å². The molecule has 17 heteroatoms. The molecule has 0 spiro atoms. The zero-order valence-corrected chi connectivity index (χ0v) is 25.5. The van der Waals surface area contributed by atoms with Crippen molar-refractivity contribution in [1.82, 2.24) is 21.3 Å². The molecule has 0 saturated carbocycles. The lowest BCUT2D eigenvalue weighted by Gasteiger charge is -2.22. The number of ether oxygens (including phenoxy) is 1. The van der Waals surface area contributed by atoms with Crippen molar-refractivity contribution in [2.45, 2.75) is 76.2 Å². The van der Waals surface area contributed by atoms with Gasteiger partial charge >= 0.3 is 0 Å². The highest BCUT2D eigenvalue weighted by Gasteiger charge is 2.20. The van der Waals surface area contributed by atoms with Gasteiger partial charge in [0, 0.05) is 37.8 Å². The predicted octanol–water partition coefficient (Wildman–Crippen LogP) is -5.07. The van der Waals surface area contributed by atoms with Gasteiger partial charge in [-0.25, -0.2) is 0 Å². The molecule has 0 bridgehead atoms. The van der Waals surface area contributed by atoms with Gasteiger partial charge in [-0.15, -0.1) is 0 Å². The number of rotatable bonds is 23. The maximum Gasteiger partial charge on any atom is 0.220 e. The van der Waals surface area contributed by atoms with Crippen LogP contribution in [0.25, 0.3) is 0 Å². The molecule has 47 heavy (non-hydrogen) atoms. The minimum Gasteiger partial charge on any atom is -0.548 e. The molecule has 2 aromatic rings. The molecule has 0 aliphatic carbocycles. The molecule has 1 aromatic carbocycles. The Bertz CT molecular complexity index is 1380. The molecule has 0 aliphatic heterocycles. The van der Waals surface area contributed by atoms with Crippen LogP contribution < -0.4 is 47.1 Å². The van der Waals surface area contributed by atoms with Gasteiger partial charge in [-0.2, -0.15) is 0 Å². The summed E-state index contributed by atoms with van der Waals surface area (Å²) in [5, 5.41) is 43.0. The molecule has 0 saturated heterocycles. The van der Waals surface area contributed by atoms with Crippen molar-refractivity contribution in [3.05, 3.63) is 53.5 Å². The number of hydrogen-bond donors (Lipinski definition) is 5. The average Bonchev–Trinajstić information content (AvgIpc) is 3.49. The molecule has 0 fully saturated rings. The lowest BCUT2D eigenvalue weighted by Crippen LogP contribution is -2.68. The van der Waals surface area contributed by atoms with E-state index in [1.807, 2.05) is 12.1 Å². The van der Waals surface area contributed by atoms with E-state index in [1.165, 1.54) is 6.26 Å². The molecule has 17 nitrogen and oxygen atoms in total. The number of carboxylic acids is 3. The standard InChI is InChI=1S/C30H39N5O12/c31-22(28(40)41)5-8-26(38)34-24(30(44)45)7-10-27(39)35-23(29(42)43)6-9-25(37)33-12-11-18-1-3-20(4-2-18)46-15-19-13-21(47-16-19)14-32-17-36/h1-4,13,16-17,22-24H,5-12,14-15,31H2,(H,32,36)(H,33,37)(H,34,38)(H,35,39)(H,40,41)(H,42,43)(H,44,45)/p-2/t22-,23-,24-/m0/s1. The largest absolute Gasteiger partial charge is 0.548 e. The van der Waals surface area contributed by atoms with E-state index in [1.54, 1.807) is 18.2 Å². The summed E-state index contributed by atoms with van der Waals surface area (Å²) in [6.45, 7) is 0.797. The number of furan rings is 1. The van der Waals surface area contributed by atoms with Crippen molar-refractivity contribution in [2.75, 3.05) is 6.54 Å². The number of nitrogens with one attached hydrogen (secondary N) is 4. The molecule has 7 N–H and O–H groups in total. The number of carbonyl (C=O) groups excluding carboxylic acids is 7. The van der Waals surface area contributed by atoms with E-state index in [-0.39, 0.29) is 45.4 Å². The first-order chi connectivity index (χ1) is 22.4. The lowest BCUT2D eigenvalue weighted by molar-refractivity contribution is -0.438. The molecule has 0 unspecified atom stereocenters. The molecule has 3 atom stereocenters. The Hall–Kier alpha value is -5.45. The topological polar surface area (TPSA) is 287 Å². The van der Waals surface area contributed by atoms with E-state index in [9.17, 15) is 48.9 Å². The molecule has 2 rings (SSSR count). The van der Waals surface area contributed by atoms with Crippen molar-refractivity contribution in [3.63, 3.8) is 0 Å². The van der Waals surface area contributed by atoms with Gasteiger partial charge in [0.1, 0.15) is 24.2 Å². The average molecular weight is 660 g/mol. The van der Waals surface area contributed by atoms with E-state index >= 15 is 0 Å². The lowest BCUT2D eigenvalue weighted by atomic mass is 10.1. The summed E-state index contributed by atoms with van der Waals surface area (Å²) in [7, 11) is 0. The molecule has 4 amide bonds. The smallest absolute Gasteiger partial charge is 0.220 e. The van der Waals surface area contributed by atoms with Crippen LogP contribution in [0.15, 0.2) is 41.0 Å². The van der Waals surface area contributed by atoms with Crippen LogP contribution in [0, 0.1) is 0 Å². The van der Waals surface area contributed by atoms with Crippen LogP contribution in [0.5, 0.6) is 5.75 Å². The first-order valence-electron chi connectivity index (χ1n) is 14.6. The first kappa shape index (κ1) is 37.7. The summed E-state index contributed by atoms with van der Waals surface area (Å²) in [5.74, 6) is -5.72. The van der Waals surface area contributed by atoms with Crippen LogP contribution in [0.4, 0.5) is 0 Å². The fourth-order valence-corrected chi connectivity index (χ4v) is 4.10. The number of carbonyl (C=O) groups is 7. The minimum absolute atomic E-state index is 0.197. The number of hydrogen-bond acceptors (Lipinski definition) is 12. The Morgan fingerprint density at radius 3 is 1.94 bits per heavy atom. The van der Waals surface area contributed by atoms with Gasteiger partial charge in [0.05, 0.1) is 42.8 Å². The van der Waals surface area contributed by atoms with Crippen LogP contribution in [0.3, 0.4) is 0 Å². The summed E-state index contributed by atoms with van der Waals surface area (Å²) >= 11 is 0. The van der Waals surface area contributed by atoms with Crippen LogP contribution in [-0.4, -0.2) is 66.7 Å². The fraction of sp³-hybridized carbons (Fsp3) is 0.433. The summed E-state index contributed by atoms with van der Waals surface area (Å²) in [6.07, 6.45) is 0.567. The van der Waals surface area contributed by atoms with Gasteiger partial charge in [0.25, 0.3) is 0 Å². The highest BCUT2D eigenvalue weighted by molar-refractivity contribution is 5.86. The quantitative estimate of drug-likeness (QED) is 0.0701. The van der Waals surface area contributed by atoms with E-state index in [2.05, 4.69) is 27.0 Å². The van der Waals surface area contributed by atoms with Crippen molar-refractivity contribution in [3.8, 4) is 5.75 Å². The molecule has 1 aromatic heterocycles. The molecule has 0 radical (unpaired) electrons. The van der Waals surface area contributed by atoms with E-state index in [0.29, 0.717) is 24.3 Å². The van der Waals surface area contributed by atoms with Crippen LogP contribution in [-0.2, 0) is 53.1 Å². The molecular formula is C30H37N5O12-2. The number of aliphatic carboxylic acids is 3. The Morgan fingerprint density at radius 1 is 0.809 bits per heavy atom. The second-order valence-corrected chi connectivity index (χ2v) is 10.5. The highest BCUT2D eigenvalue weighted by atomic mass is 16.5. The number of benzene rings is 1. The van der Waals surface area contributed by atoms with Gasteiger partial charge in [-0.1, -0.05) is 12.1 Å². The Labute approximate surface area is 269 Å². The molecular weight excluding hydrogens is 622 g/mol. The fourth-order valence-electron chi connectivity index (χ4n) is 4.10. The first-order valence-corrected chi connectivity index (χ1v) is 14.6. The van der Waals surface area contributed by atoms with Crippen LogP contribution in [0.2, 0.25) is 0 Å². The van der Waals surface area contributed by atoms with Crippen LogP contribution in [0.1, 0.15) is 55.4 Å². The molecule has 1 heterocycles. The third-order valence-corrected chi connectivity index (χ3v) is 6.75. The zero-order valence-electron chi connectivity index (χ0n) is 25.5. The number of carboxylic acid groups (broad SMARTS) is 3. The van der Waals surface area contributed by atoms with Gasteiger partial charge in [0.2, 0.25) is 24.1 Å².